The van der Waals surface area contributed by atoms with E-state index in [0.29, 0.717) is 33.9 Å². The van der Waals surface area contributed by atoms with Crippen LogP contribution in [0, 0.1) is 25.5 Å². The SMILES string of the molecule is Cc1[nH]c(C=C2C(=O)Nc3cccc(-c4cc(F)cc(F)c4)c32)c(C)c1C1CCNCC1. The standard InChI is InChI=1S/C26H25F2N3O/c1-14-23(30-15(2)24(14)16-6-8-29-9-7-16)13-21-25-20(4-3-5-22(25)31-26(21)32)17-10-18(27)12-19(28)11-17/h3-5,10-13,16,29-30H,6-9H2,1-2H3,(H,31,32). The van der Waals surface area contributed by atoms with Gasteiger partial charge in [-0.3, -0.25) is 4.79 Å². The first-order chi connectivity index (χ1) is 15.4. The van der Waals surface area contributed by atoms with E-state index >= 15 is 0 Å². The Hall–Kier alpha value is -3.25. The fourth-order valence-electron chi connectivity index (χ4n) is 5.14. The van der Waals surface area contributed by atoms with Gasteiger partial charge in [-0.15, -0.1) is 0 Å². The second-order valence-corrected chi connectivity index (χ2v) is 8.63. The van der Waals surface area contributed by atoms with Crippen LogP contribution >= 0.6 is 0 Å². The zero-order chi connectivity index (χ0) is 22.4. The Morgan fingerprint density at radius 3 is 2.47 bits per heavy atom. The van der Waals surface area contributed by atoms with Crippen molar-refractivity contribution in [3.05, 3.63) is 76.1 Å². The van der Waals surface area contributed by atoms with E-state index in [9.17, 15) is 13.6 Å². The van der Waals surface area contributed by atoms with Gasteiger partial charge in [-0.25, -0.2) is 8.78 Å². The number of nitrogens with one attached hydrogen (secondary N) is 3. The number of benzene rings is 2. The third-order valence-electron chi connectivity index (χ3n) is 6.57. The Bertz CT molecular complexity index is 1230. The van der Waals surface area contributed by atoms with Crippen LogP contribution in [-0.2, 0) is 4.79 Å². The monoisotopic (exact) mass is 433 g/mol. The first-order valence-corrected chi connectivity index (χ1v) is 10.9. The Morgan fingerprint density at radius 1 is 1.03 bits per heavy atom. The molecule has 2 aliphatic heterocycles. The highest BCUT2D eigenvalue weighted by Gasteiger charge is 2.29. The number of hydrogen-bond acceptors (Lipinski definition) is 2. The number of fused-ring (bicyclic) bond motifs is 1. The van der Waals surface area contributed by atoms with Crippen molar-refractivity contribution in [3.63, 3.8) is 0 Å². The number of carbonyl (C=O) groups excluding carboxylic acids is 1. The van der Waals surface area contributed by atoms with Crippen LogP contribution in [0.1, 0.15) is 46.8 Å². The Labute approximate surface area is 185 Å². The fraction of sp³-hybridized carbons (Fsp3) is 0.269. The van der Waals surface area contributed by atoms with Gasteiger partial charge in [0.1, 0.15) is 11.6 Å². The molecule has 3 heterocycles. The summed E-state index contributed by atoms with van der Waals surface area (Å²) in [6, 6.07) is 8.80. The largest absolute Gasteiger partial charge is 0.359 e. The summed E-state index contributed by atoms with van der Waals surface area (Å²) in [6.45, 7) is 6.19. The summed E-state index contributed by atoms with van der Waals surface area (Å²) in [5.41, 5.74) is 7.31. The van der Waals surface area contributed by atoms with E-state index in [2.05, 4.69) is 29.5 Å². The molecule has 1 fully saturated rings. The summed E-state index contributed by atoms with van der Waals surface area (Å²) in [5.74, 6) is -1.03. The van der Waals surface area contributed by atoms with E-state index in [4.69, 9.17) is 0 Å². The summed E-state index contributed by atoms with van der Waals surface area (Å²) in [5, 5.41) is 6.30. The molecule has 164 valence electrons. The van der Waals surface area contributed by atoms with Gasteiger partial charge in [0, 0.05) is 28.7 Å². The molecular weight excluding hydrogens is 408 g/mol. The van der Waals surface area contributed by atoms with Gasteiger partial charge in [-0.1, -0.05) is 12.1 Å². The molecule has 2 aliphatic rings. The van der Waals surface area contributed by atoms with Crippen LogP contribution in [0.25, 0.3) is 22.8 Å². The number of aromatic amines is 1. The molecule has 3 aromatic rings. The van der Waals surface area contributed by atoms with Gasteiger partial charge in [0.2, 0.25) is 0 Å². The first-order valence-electron chi connectivity index (χ1n) is 10.9. The molecule has 0 spiro atoms. The predicted molar refractivity (Wildman–Crippen MR) is 123 cm³/mol. The molecular formula is C26H25F2N3O. The quantitative estimate of drug-likeness (QED) is 0.475. The second kappa shape index (κ2) is 8.02. The molecule has 6 heteroatoms. The van der Waals surface area contributed by atoms with E-state index in [1.165, 1.54) is 17.7 Å². The Kier molecular flexibility index (Phi) is 5.18. The summed E-state index contributed by atoms with van der Waals surface area (Å²) < 4.78 is 27.8. The van der Waals surface area contributed by atoms with E-state index in [0.717, 1.165) is 48.9 Å². The predicted octanol–water partition coefficient (Wildman–Crippen LogP) is 5.54. The van der Waals surface area contributed by atoms with Crippen LogP contribution in [-0.4, -0.2) is 24.0 Å². The molecule has 1 amide bonds. The zero-order valence-corrected chi connectivity index (χ0v) is 18.1. The van der Waals surface area contributed by atoms with Crippen molar-refractivity contribution in [1.82, 2.24) is 10.3 Å². The first kappa shape index (κ1) is 20.6. The van der Waals surface area contributed by atoms with Crippen LogP contribution in [0.5, 0.6) is 0 Å². The molecule has 1 aromatic heterocycles. The van der Waals surface area contributed by atoms with E-state index in [-0.39, 0.29) is 5.91 Å². The van der Waals surface area contributed by atoms with E-state index in [1.54, 1.807) is 18.2 Å². The van der Waals surface area contributed by atoms with Gasteiger partial charge in [-0.05, 0) is 92.2 Å². The van der Waals surface area contributed by atoms with Crippen molar-refractivity contribution in [2.24, 2.45) is 0 Å². The Balaban J connectivity index is 1.62. The van der Waals surface area contributed by atoms with Crippen LogP contribution in [0.2, 0.25) is 0 Å². The van der Waals surface area contributed by atoms with Gasteiger partial charge in [0.25, 0.3) is 5.91 Å². The average molecular weight is 434 g/mol. The lowest BCUT2D eigenvalue weighted by molar-refractivity contribution is -0.110. The molecule has 0 unspecified atom stereocenters. The van der Waals surface area contributed by atoms with Gasteiger partial charge >= 0.3 is 0 Å². The number of aryl methyl sites for hydroxylation is 1. The van der Waals surface area contributed by atoms with E-state index in [1.807, 2.05) is 6.08 Å². The van der Waals surface area contributed by atoms with Crippen LogP contribution in [0.3, 0.4) is 0 Å². The number of piperidine rings is 1. The van der Waals surface area contributed by atoms with Gasteiger partial charge in [0.15, 0.2) is 0 Å². The number of halogens is 2. The molecule has 2 aromatic carbocycles. The molecule has 0 bridgehead atoms. The topological polar surface area (TPSA) is 56.9 Å². The maximum Gasteiger partial charge on any atom is 0.256 e. The summed E-state index contributed by atoms with van der Waals surface area (Å²) in [7, 11) is 0. The number of amides is 1. The van der Waals surface area contributed by atoms with Crippen molar-refractivity contribution in [1.29, 1.82) is 0 Å². The van der Waals surface area contributed by atoms with E-state index < -0.39 is 11.6 Å². The molecule has 5 rings (SSSR count). The molecule has 0 atom stereocenters. The van der Waals surface area contributed by atoms with Crippen molar-refractivity contribution in [2.45, 2.75) is 32.6 Å². The number of H-pyrrole nitrogens is 1. The van der Waals surface area contributed by atoms with Crippen molar-refractivity contribution in [3.8, 4) is 11.1 Å². The number of carbonyl (C=O) groups is 1. The van der Waals surface area contributed by atoms with Crippen molar-refractivity contribution in [2.75, 3.05) is 18.4 Å². The highest BCUT2D eigenvalue weighted by molar-refractivity contribution is 6.36. The van der Waals surface area contributed by atoms with Crippen molar-refractivity contribution < 1.29 is 13.6 Å². The zero-order valence-electron chi connectivity index (χ0n) is 18.1. The fourth-order valence-corrected chi connectivity index (χ4v) is 5.14. The number of anilines is 1. The van der Waals surface area contributed by atoms with Gasteiger partial charge in [0.05, 0.1) is 5.57 Å². The lowest BCUT2D eigenvalue weighted by Gasteiger charge is -2.23. The Morgan fingerprint density at radius 2 is 1.75 bits per heavy atom. The highest BCUT2D eigenvalue weighted by Crippen LogP contribution is 2.41. The lowest BCUT2D eigenvalue weighted by atomic mass is 9.87. The van der Waals surface area contributed by atoms with Crippen LogP contribution < -0.4 is 10.6 Å². The minimum Gasteiger partial charge on any atom is -0.359 e. The molecule has 1 saturated heterocycles. The third-order valence-corrected chi connectivity index (χ3v) is 6.57. The summed E-state index contributed by atoms with van der Waals surface area (Å²) >= 11 is 0. The van der Waals surface area contributed by atoms with Crippen LogP contribution in [0.4, 0.5) is 14.5 Å². The summed E-state index contributed by atoms with van der Waals surface area (Å²) in [6.07, 6.45) is 4.05. The molecule has 32 heavy (non-hydrogen) atoms. The van der Waals surface area contributed by atoms with Crippen LogP contribution in [0.15, 0.2) is 36.4 Å². The normalized spacial score (nSPS) is 17.6. The smallest absolute Gasteiger partial charge is 0.256 e. The van der Waals surface area contributed by atoms with Gasteiger partial charge < -0.3 is 15.6 Å². The highest BCUT2D eigenvalue weighted by atomic mass is 19.1. The molecule has 0 saturated carbocycles. The third kappa shape index (κ3) is 3.54. The second-order valence-electron chi connectivity index (χ2n) is 8.63. The number of hydrogen-bond donors (Lipinski definition) is 3. The maximum absolute atomic E-state index is 13.9. The minimum absolute atomic E-state index is 0.223. The van der Waals surface area contributed by atoms with Crippen molar-refractivity contribution >= 4 is 23.2 Å². The lowest BCUT2D eigenvalue weighted by Crippen LogP contribution is -2.27. The summed E-state index contributed by atoms with van der Waals surface area (Å²) in [4.78, 5) is 16.4. The van der Waals surface area contributed by atoms with Gasteiger partial charge in [-0.2, -0.15) is 0 Å². The molecule has 4 nitrogen and oxygen atoms in total. The molecule has 0 aliphatic carbocycles. The average Bonchev–Trinajstić information content (AvgIpc) is 3.23. The minimum atomic E-state index is -0.650. The number of rotatable bonds is 3. The molecule has 3 N–H and O–H groups in total. The maximum atomic E-state index is 13.9. The number of aromatic nitrogens is 1. The molecule has 0 radical (unpaired) electrons.